The maximum atomic E-state index is 11.5. The zero-order valence-corrected chi connectivity index (χ0v) is 11.8. The molecule has 100 valence electrons. The molecule has 1 heterocycles. The van der Waals surface area contributed by atoms with Crippen molar-refractivity contribution in [3.63, 3.8) is 0 Å². The maximum Gasteiger partial charge on any atom is 0.326 e. The monoisotopic (exact) mass is 316 g/mol. The number of carboxylic acid groups (broad SMARTS) is 1. The zero-order valence-electron chi connectivity index (χ0n) is 10.2. The Morgan fingerprint density at radius 2 is 1.89 bits per heavy atom. The Bertz CT molecular complexity index is 384. The van der Waals surface area contributed by atoms with Crippen molar-refractivity contribution in [3.8, 4) is 0 Å². The summed E-state index contributed by atoms with van der Waals surface area (Å²) in [5.74, 6) is -1.23. The highest BCUT2D eigenvalue weighted by Crippen LogP contribution is 1.92. The molecule has 18 heavy (non-hydrogen) atoms. The summed E-state index contributed by atoms with van der Waals surface area (Å²) in [6.07, 6.45) is 4.39. The van der Waals surface area contributed by atoms with E-state index in [0.29, 0.717) is 13.0 Å². The number of halogens is 1. The van der Waals surface area contributed by atoms with Crippen molar-refractivity contribution in [2.75, 3.05) is 0 Å². The predicted molar refractivity (Wildman–Crippen MR) is 61.1 cm³/mol. The Labute approximate surface area is 117 Å². The largest absolute Gasteiger partial charge is 1.00 e. The minimum atomic E-state index is -0.992. The highest BCUT2D eigenvalue weighted by atomic mass is 79.9. The average molecular weight is 317 g/mol. The summed E-state index contributed by atoms with van der Waals surface area (Å²) < 4.78 is 1.88. The van der Waals surface area contributed by atoms with Crippen LogP contribution in [0, 0.1) is 0 Å². The van der Waals surface area contributed by atoms with Crippen molar-refractivity contribution in [1.82, 2.24) is 5.32 Å². The lowest BCUT2D eigenvalue weighted by Gasteiger charge is -2.11. The van der Waals surface area contributed by atoms with Crippen LogP contribution in [0.4, 0.5) is 0 Å². The van der Waals surface area contributed by atoms with Gasteiger partial charge in [0.05, 0.1) is 6.42 Å². The van der Waals surface area contributed by atoms with Crippen molar-refractivity contribution in [3.05, 3.63) is 30.6 Å². The number of aromatic nitrogens is 1. The van der Waals surface area contributed by atoms with Crippen LogP contribution in [-0.2, 0) is 16.1 Å². The molecule has 0 radical (unpaired) electrons. The number of aryl methyl sites for hydroxylation is 1. The molecule has 5 nitrogen and oxygen atoms in total. The molecule has 0 saturated carbocycles. The first-order valence-corrected chi connectivity index (χ1v) is 5.59. The van der Waals surface area contributed by atoms with Crippen LogP contribution in [0.3, 0.4) is 0 Å². The van der Waals surface area contributed by atoms with Gasteiger partial charge in [0.15, 0.2) is 18.9 Å². The molecule has 1 aromatic rings. The molecule has 1 rings (SSSR count). The number of nitrogens with one attached hydrogen (secondary N) is 1. The van der Waals surface area contributed by atoms with Crippen LogP contribution in [0.25, 0.3) is 0 Å². The highest BCUT2D eigenvalue weighted by molar-refractivity contribution is 5.83. The van der Waals surface area contributed by atoms with Crippen LogP contribution in [0.2, 0.25) is 0 Å². The predicted octanol–water partition coefficient (Wildman–Crippen LogP) is -2.65. The van der Waals surface area contributed by atoms with Crippen molar-refractivity contribution in [2.24, 2.45) is 0 Å². The lowest BCUT2D eigenvalue weighted by atomic mass is 10.2. The molecule has 2 N–H and O–H groups in total. The summed E-state index contributed by atoms with van der Waals surface area (Å²) in [5.41, 5.74) is 0. The quantitative estimate of drug-likeness (QED) is 0.563. The van der Waals surface area contributed by atoms with Crippen LogP contribution >= 0.6 is 0 Å². The van der Waals surface area contributed by atoms with E-state index in [4.69, 9.17) is 5.11 Å². The van der Waals surface area contributed by atoms with Gasteiger partial charge in [0.1, 0.15) is 6.04 Å². The van der Waals surface area contributed by atoms with E-state index in [0.717, 1.165) is 0 Å². The standard InChI is InChI=1S/C12H16N2O3.BrH/c1-2-10(12(16)17)13-11(15)6-9-14-7-4-3-5-8-14;/h3-5,7-8,10H,2,6,9H2,1H3,(H-,13,15,16,17);1H. The van der Waals surface area contributed by atoms with E-state index in [9.17, 15) is 9.59 Å². The van der Waals surface area contributed by atoms with Crippen LogP contribution in [0.15, 0.2) is 30.6 Å². The van der Waals surface area contributed by atoms with E-state index in [1.54, 1.807) is 6.92 Å². The first-order chi connectivity index (χ1) is 8.13. The molecule has 0 aromatic carbocycles. The molecule has 1 atom stereocenters. The van der Waals surface area contributed by atoms with Gasteiger partial charge in [-0.05, 0) is 6.42 Å². The number of aliphatic carboxylic acids is 1. The molecule has 6 heteroatoms. The van der Waals surface area contributed by atoms with Gasteiger partial charge in [0, 0.05) is 12.1 Å². The Kier molecular flexibility index (Phi) is 7.94. The van der Waals surface area contributed by atoms with Crippen molar-refractivity contribution < 1.29 is 36.2 Å². The van der Waals surface area contributed by atoms with Gasteiger partial charge in [-0.1, -0.05) is 13.0 Å². The second-order valence-electron chi connectivity index (χ2n) is 3.73. The van der Waals surface area contributed by atoms with Gasteiger partial charge >= 0.3 is 5.97 Å². The molecular formula is C12H17BrN2O3. The SMILES string of the molecule is CCC(NC(=O)CC[n+]1ccccc1)C(=O)O.[Br-]. The molecule has 1 amide bonds. The number of rotatable bonds is 6. The molecule has 0 saturated heterocycles. The van der Waals surface area contributed by atoms with Gasteiger partial charge in [-0.25, -0.2) is 9.36 Å². The van der Waals surface area contributed by atoms with E-state index in [-0.39, 0.29) is 29.3 Å². The van der Waals surface area contributed by atoms with Crippen molar-refractivity contribution in [2.45, 2.75) is 32.4 Å². The number of hydrogen-bond donors (Lipinski definition) is 2. The van der Waals surface area contributed by atoms with Gasteiger partial charge in [0.2, 0.25) is 5.91 Å². The minimum absolute atomic E-state index is 0. The van der Waals surface area contributed by atoms with E-state index in [2.05, 4.69) is 5.32 Å². The Hall–Kier alpha value is -1.43. The van der Waals surface area contributed by atoms with Crippen LogP contribution < -0.4 is 26.9 Å². The van der Waals surface area contributed by atoms with E-state index < -0.39 is 12.0 Å². The number of hydrogen-bond acceptors (Lipinski definition) is 2. The third-order valence-electron chi connectivity index (χ3n) is 2.42. The third-order valence-corrected chi connectivity index (χ3v) is 2.42. The van der Waals surface area contributed by atoms with Gasteiger partial charge in [-0.2, -0.15) is 0 Å². The summed E-state index contributed by atoms with van der Waals surface area (Å²) in [6, 6.07) is 4.87. The smallest absolute Gasteiger partial charge is 0.326 e. The normalized spacial score (nSPS) is 11.2. The van der Waals surface area contributed by atoms with Gasteiger partial charge < -0.3 is 27.4 Å². The molecule has 0 fully saturated rings. The van der Waals surface area contributed by atoms with Crippen LogP contribution in [0.1, 0.15) is 19.8 Å². The second-order valence-corrected chi connectivity index (χ2v) is 3.73. The summed E-state index contributed by atoms with van der Waals surface area (Å²) >= 11 is 0. The molecule has 0 aliphatic carbocycles. The number of amides is 1. The van der Waals surface area contributed by atoms with Gasteiger partial charge in [-0.3, -0.25) is 4.79 Å². The summed E-state index contributed by atoms with van der Waals surface area (Å²) in [7, 11) is 0. The number of carbonyl (C=O) groups excluding carboxylic acids is 1. The van der Waals surface area contributed by atoms with Gasteiger partial charge in [0.25, 0.3) is 0 Å². The Morgan fingerprint density at radius 3 is 2.39 bits per heavy atom. The first kappa shape index (κ1) is 16.6. The Morgan fingerprint density at radius 1 is 1.28 bits per heavy atom. The fraction of sp³-hybridized carbons (Fsp3) is 0.417. The topological polar surface area (TPSA) is 70.3 Å². The fourth-order valence-electron chi connectivity index (χ4n) is 1.42. The fourth-order valence-corrected chi connectivity index (χ4v) is 1.42. The third kappa shape index (κ3) is 5.77. The van der Waals surface area contributed by atoms with Crippen LogP contribution in [-0.4, -0.2) is 23.0 Å². The average Bonchev–Trinajstić information content (AvgIpc) is 2.34. The molecule has 0 aliphatic heterocycles. The number of nitrogens with zero attached hydrogens (tertiary/aromatic N) is 1. The number of carboxylic acids is 1. The lowest BCUT2D eigenvalue weighted by Crippen LogP contribution is -3.00. The molecule has 1 unspecified atom stereocenters. The van der Waals surface area contributed by atoms with E-state index >= 15 is 0 Å². The second kappa shape index (κ2) is 8.63. The van der Waals surface area contributed by atoms with Crippen molar-refractivity contribution in [1.29, 1.82) is 0 Å². The minimum Gasteiger partial charge on any atom is -1.00 e. The molecule has 0 spiro atoms. The van der Waals surface area contributed by atoms with Crippen LogP contribution in [0.5, 0.6) is 0 Å². The van der Waals surface area contributed by atoms with E-state index in [1.807, 2.05) is 35.2 Å². The lowest BCUT2D eigenvalue weighted by molar-refractivity contribution is -0.695. The highest BCUT2D eigenvalue weighted by Gasteiger charge is 2.17. The van der Waals surface area contributed by atoms with E-state index in [1.165, 1.54) is 0 Å². The number of carbonyl (C=O) groups is 2. The number of pyridine rings is 1. The zero-order chi connectivity index (χ0) is 12.7. The first-order valence-electron chi connectivity index (χ1n) is 5.59. The molecule has 0 bridgehead atoms. The maximum absolute atomic E-state index is 11.5. The van der Waals surface area contributed by atoms with Crippen molar-refractivity contribution >= 4 is 11.9 Å². The molecule has 0 aliphatic rings. The van der Waals surface area contributed by atoms with Gasteiger partial charge in [-0.15, -0.1) is 0 Å². The summed E-state index contributed by atoms with van der Waals surface area (Å²) in [5, 5.41) is 11.3. The molecule has 1 aromatic heterocycles. The summed E-state index contributed by atoms with van der Waals surface area (Å²) in [4.78, 5) is 22.2. The summed E-state index contributed by atoms with van der Waals surface area (Å²) in [6.45, 7) is 2.27. The Balaban J connectivity index is 0.00000289. The molecular weight excluding hydrogens is 300 g/mol.